The lowest BCUT2D eigenvalue weighted by Gasteiger charge is -2.43. The molecule has 0 aliphatic carbocycles. The number of rotatable bonds is 3. The highest BCUT2D eigenvalue weighted by molar-refractivity contribution is 5.28. The van der Waals surface area contributed by atoms with Crippen LogP contribution in [0.15, 0.2) is 30.3 Å². The highest BCUT2D eigenvalue weighted by atomic mass is 16.5. The van der Waals surface area contributed by atoms with E-state index in [0.717, 1.165) is 26.1 Å². The monoisotopic (exact) mass is 234 g/mol. The van der Waals surface area contributed by atoms with Gasteiger partial charge in [-0.15, -0.1) is 0 Å². The summed E-state index contributed by atoms with van der Waals surface area (Å²) < 4.78 is 5.47. The standard InChI is InChI=1S/C15H22O2/c1-12(2)14(16)15(8-10-17-11-9-15)13-6-4-3-5-7-13/h3-7,12,14,16H,8-11H2,1-2H3. The van der Waals surface area contributed by atoms with E-state index < -0.39 is 0 Å². The second-order valence-electron chi connectivity index (χ2n) is 5.32. The molecule has 1 aliphatic rings. The van der Waals surface area contributed by atoms with Gasteiger partial charge < -0.3 is 9.84 Å². The second kappa shape index (κ2) is 5.19. The molecule has 1 fully saturated rings. The van der Waals surface area contributed by atoms with Gasteiger partial charge in [-0.1, -0.05) is 44.2 Å². The minimum Gasteiger partial charge on any atom is -0.392 e. The summed E-state index contributed by atoms with van der Waals surface area (Å²) >= 11 is 0. The van der Waals surface area contributed by atoms with Gasteiger partial charge in [0.1, 0.15) is 0 Å². The van der Waals surface area contributed by atoms with Crippen molar-refractivity contribution in [3.63, 3.8) is 0 Å². The van der Waals surface area contributed by atoms with Gasteiger partial charge >= 0.3 is 0 Å². The summed E-state index contributed by atoms with van der Waals surface area (Å²) in [6.07, 6.45) is 1.53. The highest BCUT2D eigenvalue weighted by Crippen LogP contribution is 2.40. The third kappa shape index (κ3) is 2.38. The van der Waals surface area contributed by atoms with E-state index >= 15 is 0 Å². The molecule has 1 unspecified atom stereocenters. The maximum absolute atomic E-state index is 10.6. The van der Waals surface area contributed by atoms with Gasteiger partial charge in [-0.25, -0.2) is 0 Å². The van der Waals surface area contributed by atoms with Crippen molar-refractivity contribution in [1.82, 2.24) is 0 Å². The largest absolute Gasteiger partial charge is 0.392 e. The average Bonchev–Trinajstić information content (AvgIpc) is 2.39. The molecule has 94 valence electrons. The summed E-state index contributed by atoms with van der Waals surface area (Å²) in [5, 5.41) is 10.6. The molecule has 0 spiro atoms. The molecule has 2 rings (SSSR count). The van der Waals surface area contributed by atoms with E-state index in [0.29, 0.717) is 0 Å². The molecule has 0 aromatic heterocycles. The van der Waals surface area contributed by atoms with Crippen LogP contribution in [0.1, 0.15) is 32.3 Å². The first kappa shape index (κ1) is 12.6. The van der Waals surface area contributed by atoms with Crippen LogP contribution in [-0.2, 0) is 10.2 Å². The van der Waals surface area contributed by atoms with E-state index in [4.69, 9.17) is 4.74 Å². The van der Waals surface area contributed by atoms with Gasteiger partial charge in [-0.3, -0.25) is 0 Å². The number of hydrogen-bond donors (Lipinski definition) is 1. The van der Waals surface area contributed by atoms with Crippen LogP contribution >= 0.6 is 0 Å². The molecule has 1 saturated heterocycles. The summed E-state index contributed by atoms with van der Waals surface area (Å²) in [6.45, 7) is 5.67. The molecule has 0 bridgehead atoms. The zero-order chi connectivity index (χ0) is 12.3. The Bertz CT molecular complexity index is 339. The third-order valence-corrected chi connectivity index (χ3v) is 3.93. The fourth-order valence-electron chi connectivity index (χ4n) is 2.90. The molecule has 17 heavy (non-hydrogen) atoms. The molecule has 1 aromatic rings. The van der Waals surface area contributed by atoms with Crippen LogP contribution < -0.4 is 0 Å². The summed E-state index contributed by atoms with van der Waals surface area (Å²) in [6, 6.07) is 10.4. The Kier molecular flexibility index (Phi) is 3.85. The molecule has 1 heterocycles. The Labute approximate surface area is 104 Å². The van der Waals surface area contributed by atoms with Gasteiger partial charge in [0.05, 0.1) is 6.10 Å². The Morgan fingerprint density at radius 1 is 1.12 bits per heavy atom. The van der Waals surface area contributed by atoms with E-state index in [2.05, 4.69) is 38.1 Å². The van der Waals surface area contributed by atoms with Crippen LogP contribution in [0.3, 0.4) is 0 Å². The molecule has 1 N–H and O–H groups in total. The fourth-order valence-corrected chi connectivity index (χ4v) is 2.90. The van der Waals surface area contributed by atoms with Crippen LogP contribution in [0.4, 0.5) is 0 Å². The van der Waals surface area contributed by atoms with Gasteiger partial charge in [0.25, 0.3) is 0 Å². The van der Waals surface area contributed by atoms with Crippen LogP contribution in [0.25, 0.3) is 0 Å². The Morgan fingerprint density at radius 2 is 1.71 bits per heavy atom. The van der Waals surface area contributed by atoms with Crippen molar-refractivity contribution in [3.8, 4) is 0 Å². The zero-order valence-electron chi connectivity index (χ0n) is 10.7. The van der Waals surface area contributed by atoms with Crippen molar-refractivity contribution in [2.24, 2.45) is 5.92 Å². The Balaban J connectivity index is 2.36. The van der Waals surface area contributed by atoms with E-state index in [1.165, 1.54) is 5.56 Å². The maximum Gasteiger partial charge on any atom is 0.0661 e. The van der Waals surface area contributed by atoms with Gasteiger partial charge in [0.2, 0.25) is 0 Å². The van der Waals surface area contributed by atoms with Gasteiger partial charge in [0, 0.05) is 18.6 Å². The minimum absolute atomic E-state index is 0.117. The van der Waals surface area contributed by atoms with E-state index in [-0.39, 0.29) is 17.4 Å². The van der Waals surface area contributed by atoms with Gasteiger partial charge in [0.15, 0.2) is 0 Å². The molecule has 1 atom stereocenters. The first-order valence-corrected chi connectivity index (χ1v) is 6.48. The summed E-state index contributed by atoms with van der Waals surface area (Å²) in [5.74, 6) is 0.272. The molecular formula is C15H22O2. The lowest BCUT2D eigenvalue weighted by molar-refractivity contribution is -0.0342. The van der Waals surface area contributed by atoms with Crippen LogP contribution in [0.5, 0.6) is 0 Å². The van der Waals surface area contributed by atoms with Crippen molar-refractivity contribution in [1.29, 1.82) is 0 Å². The van der Waals surface area contributed by atoms with Crippen LogP contribution in [-0.4, -0.2) is 24.4 Å². The lowest BCUT2D eigenvalue weighted by atomic mass is 9.67. The van der Waals surface area contributed by atoms with Gasteiger partial charge in [-0.2, -0.15) is 0 Å². The van der Waals surface area contributed by atoms with Gasteiger partial charge in [-0.05, 0) is 24.3 Å². The minimum atomic E-state index is -0.297. The molecule has 0 saturated carbocycles. The molecule has 1 aromatic carbocycles. The predicted molar refractivity (Wildman–Crippen MR) is 69.0 cm³/mol. The maximum atomic E-state index is 10.6. The SMILES string of the molecule is CC(C)C(O)C1(c2ccccc2)CCOCC1. The second-order valence-corrected chi connectivity index (χ2v) is 5.32. The fraction of sp³-hybridized carbons (Fsp3) is 0.600. The smallest absolute Gasteiger partial charge is 0.0661 e. The average molecular weight is 234 g/mol. The normalized spacial score (nSPS) is 21.4. The number of ether oxygens (including phenoxy) is 1. The van der Waals surface area contributed by atoms with Crippen LogP contribution in [0, 0.1) is 5.92 Å². The topological polar surface area (TPSA) is 29.5 Å². The summed E-state index contributed by atoms with van der Waals surface area (Å²) in [4.78, 5) is 0. The first-order valence-electron chi connectivity index (χ1n) is 6.48. The molecule has 0 amide bonds. The number of aliphatic hydroxyl groups is 1. The Morgan fingerprint density at radius 3 is 2.24 bits per heavy atom. The highest BCUT2D eigenvalue weighted by Gasteiger charge is 2.42. The molecular weight excluding hydrogens is 212 g/mol. The quantitative estimate of drug-likeness (QED) is 0.871. The molecule has 1 aliphatic heterocycles. The zero-order valence-corrected chi connectivity index (χ0v) is 10.7. The van der Waals surface area contributed by atoms with Crippen molar-refractivity contribution < 1.29 is 9.84 Å². The van der Waals surface area contributed by atoms with Crippen molar-refractivity contribution in [2.75, 3.05) is 13.2 Å². The van der Waals surface area contributed by atoms with E-state index in [1.54, 1.807) is 0 Å². The number of benzene rings is 1. The molecule has 2 heteroatoms. The van der Waals surface area contributed by atoms with Crippen molar-refractivity contribution in [2.45, 2.75) is 38.2 Å². The van der Waals surface area contributed by atoms with Crippen molar-refractivity contribution >= 4 is 0 Å². The first-order chi connectivity index (χ1) is 8.17. The summed E-state index contributed by atoms with van der Waals surface area (Å²) in [5.41, 5.74) is 1.14. The number of hydrogen-bond acceptors (Lipinski definition) is 2. The number of aliphatic hydroxyl groups excluding tert-OH is 1. The molecule has 0 radical (unpaired) electrons. The van der Waals surface area contributed by atoms with Crippen molar-refractivity contribution in [3.05, 3.63) is 35.9 Å². The predicted octanol–water partition coefficient (Wildman–Crippen LogP) is 2.75. The van der Waals surface area contributed by atoms with E-state index in [9.17, 15) is 5.11 Å². The Hall–Kier alpha value is -0.860. The van der Waals surface area contributed by atoms with Crippen LogP contribution in [0.2, 0.25) is 0 Å². The lowest BCUT2D eigenvalue weighted by Crippen LogP contribution is -2.46. The third-order valence-electron chi connectivity index (χ3n) is 3.93. The van der Waals surface area contributed by atoms with E-state index in [1.807, 2.05) is 6.07 Å². The summed E-state index contributed by atoms with van der Waals surface area (Å²) in [7, 11) is 0. The molecule has 2 nitrogen and oxygen atoms in total.